The lowest BCUT2D eigenvalue weighted by molar-refractivity contribution is -0.516. The van der Waals surface area contributed by atoms with Crippen molar-refractivity contribution < 1.29 is 9.73 Å². The molecule has 0 saturated carbocycles. The van der Waals surface area contributed by atoms with E-state index in [2.05, 4.69) is 180 Å². The van der Waals surface area contributed by atoms with Crippen molar-refractivity contribution in [3.63, 3.8) is 0 Å². The lowest BCUT2D eigenvalue weighted by Crippen LogP contribution is -2.78. The van der Waals surface area contributed by atoms with E-state index in [9.17, 15) is 0 Å². The average Bonchev–Trinajstić information content (AvgIpc) is 3.75. The van der Waals surface area contributed by atoms with Crippen molar-refractivity contribution in [1.82, 2.24) is 9.88 Å². The fourth-order valence-corrected chi connectivity index (χ4v) is 8.52. The van der Waals surface area contributed by atoms with Gasteiger partial charge in [-0.15, -0.1) is 0 Å². The van der Waals surface area contributed by atoms with Crippen LogP contribution in [0.5, 0.6) is 5.75 Å². The van der Waals surface area contributed by atoms with Crippen LogP contribution in [0, 0.1) is 0 Å². The van der Waals surface area contributed by atoms with Crippen molar-refractivity contribution in [2.24, 2.45) is 0 Å². The number of rotatable bonds is 4. The molecule has 51 heavy (non-hydrogen) atoms. The van der Waals surface area contributed by atoms with Gasteiger partial charge in [-0.05, 0) is 65.6 Å². The first-order valence-corrected chi connectivity index (χ1v) is 18.0. The molecular weight excluding hydrogens is 623 g/mol. The normalized spacial score (nSPS) is 22.1. The highest BCUT2D eigenvalue weighted by molar-refractivity contribution is 6.24. The molecule has 3 heterocycles. The number of hydrogen-bond acceptors (Lipinski definition) is 2. The number of ether oxygens (including phenoxy) is 1. The summed E-state index contributed by atoms with van der Waals surface area (Å²) >= 11 is 0. The monoisotopic (exact) mass is 660 g/mol. The minimum absolute atomic E-state index is 0.00836. The summed E-state index contributed by atoms with van der Waals surface area (Å²) in [7, 11) is 0. The molecule has 6 aromatic carbocycles. The van der Waals surface area contributed by atoms with Crippen molar-refractivity contribution in [3.8, 4) is 11.4 Å². The maximum atomic E-state index is 6.93. The molecule has 0 amide bonds. The lowest BCUT2D eigenvalue weighted by Gasteiger charge is -2.22. The number of benzene rings is 6. The smallest absolute Gasteiger partial charge is 0.251 e. The Morgan fingerprint density at radius 2 is 1.39 bits per heavy atom. The molecule has 3 unspecified atom stereocenters. The van der Waals surface area contributed by atoms with E-state index < -0.39 is 0 Å². The Morgan fingerprint density at radius 3 is 2.24 bits per heavy atom. The van der Waals surface area contributed by atoms with Gasteiger partial charge in [-0.25, -0.2) is 4.99 Å². The fourth-order valence-electron chi connectivity index (χ4n) is 8.52. The van der Waals surface area contributed by atoms with Crippen molar-refractivity contribution in [3.05, 3.63) is 186 Å². The van der Waals surface area contributed by atoms with E-state index in [0.717, 1.165) is 29.8 Å². The number of nitrogens with zero attached hydrogens (tertiary/aromatic N) is 1. The van der Waals surface area contributed by atoms with Gasteiger partial charge >= 0.3 is 0 Å². The third-order valence-corrected chi connectivity index (χ3v) is 10.9. The highest BCUT2D eigenvalue weighted by atomic mass is 16.5. The van der Waals surface area contributed by atoms with Crippen LogP contribution < -0.4 is 15.0 Å². The van der Waals surface area contributed by atoms with Crippen molar-refractivity contribution in [2.45, 2.75) is 38.0 Å². The van der Waals surface area contributed by atoms with Crippen molar-refractivity contribution >= 4 is 44.0 Å². The van der Waals surface area contributed by atoms with E-state index in [4.69, 9.17) is 4.74 Å². The molecule has 0 bridgehead atoms. The SMILES string of the molecule is C/C1=C(/c2ccccc2)NC(c2ccccc2)/[NH+]=C(/c2cccc(-n3c4ccccc4c4c5ccccc5c5c(c43)OC3C=CC=CC53)c2)CC1. The summed E-state index contributed by atoms with van der Waals surface area (Å²) in [6.07, 6.45) is 10.5. The first-order chi connectivity index (χ1) is 25.2. The fraction of sp³-hybridized carbons (Fsp3) is 0.128. The van der Waals surface area contributed by atoms with Crippen LogP contribution in [0.1, 0.15) is 54.1 Å². The first-order valence-electron chi connectivity index (χ1n) is 18.0. The predicted octanol–water partition coefficient (Wildman–Crippen LogP) is 9.29. The van der Waals surface area contributed by atoms with Gasteiger partial charge in [-0.3, -0.25) is 0 Å². The van der Waals surface area contributed by atoms with Crippen LogP contribution in [0.4, 0.5) is 0 Å². The molecule has 2 N–H and O–H groups in total. The zero-order chi connectivity index (χ0) is 33.9. The second kappa shape index (κ2) is 12.0. The zero-order valence-corrected chi connectivity index (χ0v) is 28.5. The third kappa shape index (κ3) is 4.85. The molecule has 0 saturated heterocycles. The molecule has 4 heteroatoms. The predicted molar refractivity (Wildman–Crippen MR) is 209 cm³/mol. The van der Waals surface area contributed by atoms with Gasteiger partial charge < -0.3 is 14.6 Å². The van der Waals surface area contributed by atoms with Gasteiger partial charge in [-0.1, -0.05) is 127 Å². The topological polar surface area (TPSA) is 40.2 Å². The summed E-state index contributed by atoms with van der Waals surface area (Å²) in [5, 5.41) is 8.94. The van der Waals surface area contributed by atoms with Crippen LogP contribution in [0.2, 0.25) is 0 Å². The highest BCUT2D eigenvalue weighted by Gasteiger charge is 2.37. The molecular formula is C47H38N3O+. The Bertz CT molecular complexity index is 2610. The molecule has 3 aliphatic rings. The van der Waals surface area contributed by atoms with E-state index >= 15 is 0 Å². The number of fused-ring (bicyclic) bond motifs is 10. The molecule has 3 atom stereocenters. The van der Waals surface area contributed by atoms with Crippen LogP contribution in [0.15, 0.2) is 163 Å². The van der Waals surface area contributed by atoms with Crippen LogP contribution in [0.3, 0.4) is 0 Å². The Hall–Kier alpha value is -6.13. The van der Waals surface area contributed by atoms with Crippen LogP contribution >= 0.6 is 0 Å². The van der Waals surface area contributed by atoms with Crippen molar-refractivity contribution in [1.29, 1.82) is 0 Å². The van der Waals surface area contributed by atoms with E-state index in [0.29, 0.717) is 0 Å². The van der Waals surface area contributed by atoms with E-state index in [1.807, 2.05) is 0 Å². The van der Waals surface area contributed by atoms with E-state index in [1.54, 1.807) is 0 Å². The van der Waals surface area contributed by atoms with Crippen LogP contribution in [0.25, 0.3) is 44.0 Å². The maximum absolute atomic E-state index is 6.93. The molecule has 0 spiro atoms. The molecule has 0 fully saturated rings. The number of aromatic nitrogens is 1. The highest BCUT2D eigenvalue weighted by Crippen LogP contribution is 2.52. The summed E-state index contributed by atoms with van der Waals surface area (Å²) in [5.74, 6) is 1.18. The number of nitrogens with one attached hydrogen (secondary N) is 2. The molecule has 1 aromatic heterocycles. The molecule has 10 rings (SSSR count). The summed E-state index contributed by atoms with van der Waals surface area (Å²) in [6.45, 7) is 2.27. The quantitative estimate of drug-likeness (QED) is 0.198. The summed E-state index contributed by atoms with van der Waals surface area (Å²) in [5.41, 5.74) is 12.1. The average molecular weight is 661 g/mol. The zero-order valence-electron chi connectivity index (χ0n) is 28.5. The molecule has 246 valence electrons. The minimum atomic E-state index is -0.101. The van der Waals surface area contributed by atoms with Gasteiger partial charge in [0.05, 0.1) is 11.0 Å². The van der Waals surface area contributed by atoms with Gasteiger partial charge in [0.2, 0.25) is 0 Å². The van der Waals surface area contributed by atoms with Crippen LogP contribution in [-0.2, 0) is 0 Å². The Kier molecular flexibility index (Phi) is 7.02. The standard InChI is InChI=1S/C47H37N3O/c1-30-27-28-39(48-47(32-17-6-3-7-18-32)49-44(30)31-15-4-2-5-16-31)33-19-14-20-34(29-33)50-40-25-12-10-23-37(40)42-35-21-8-9-22-36(35)43-38-24-11-13-26-41(38)51-46(43)45(42)50/h2-26,29,38,41,47,49H,27-28H2,1H3/p+1/b44-30+,48-39+. The number of para-hydroxylation sites is 1. The molecule has 2 aliphatic heterocycles. The maximum Gasteiger partial charge on any atom is 0.251 e. The summed E-state index contributed by atoms with van der Waals surface area (Å²) in [4.78, 5) is 3.98. The Balaban J connectivity index is 1.17. The molecule has 1 aliphatic carbocycles. The third-order valence-electron chi connectivity index (χ3n) is 10.9. The number of hydrogen-bond donors (Lipinski definition) is 2. The van der Waals surface area contributed by atoms with Gasteiger partial charge in [0.1, 0.15) is 11.9 Å². The van der Waals surface area contributed by atoms with Gasteiger partial charge in [0.15, 0.2) is 5.71 Å². The van der Waals surface area contributed by atoms with Gasteiger partial charge in [0.25, 0.3) is 6.17 Å². The first kappa shape index (κ1) is 29.8. The second-order valence-corrected chi connectivity index (χ2v) is 13.9. The largest absolute Gasteiger partial charge is 0.483 e. The molecule has 0 radical (unpaired) electrons. The van der Waals surface area contributed by atoms with E-state index in [-0.39, 0.29) is 18.2 Å². The summed E-state index contributed by atoms with van der Waals surface area (Å²) in [6, 6.07) is 48.2. The Morgan fingerprint density at radius 1 is 0.686 bits per heavy atom. The van der Waals surface area contributed by atoms with Crippen molar-refractivity contribution in [2.75, 3.05) is 0 Å². The number of allylic oxidation sites excluding steroid dienone is 3. The molecule has 7 aromatic rings. The minimum Gasteiger partial charge on any atom is -0.483 e. The Labute approximate surface area is 297 Å². The molecule has 4 nitrogen and oxygen atoms in total. The van der Waals surface area contributed by atoms with Gasteiger partial charge in [-0.2, -0.15) is 0 Å². The lowest BCUT2D eigenvalue weighted by atomic mass is 9.87. The van der Waals surface area contributed by atoms with E-state index in [1.165, 1.54) is 66.3 Å². The summed E-state index contributed by atoms with van der Waals surface area (Å²) < 4.78 is 9.38. The second-order valence-electron chi connectivity index (χ2n) is 13.9. The van der Waals surface area contributed by atoms with Crippen LogP contribution in [-0.4, -0.2) is 16.4 Å². The van der Waals surface area contributed by atoms with Gasteiger partial charge in [0, 0.05) is 51.2 Å².